The van der Waals surface area contributed by atoms with Crippen molar-refractivity contribution < 1.29 is 14.3 Å². The highest BCUT2D eigenvalue weighted by molar-refractivity contribution is 7.15. The highest BCUT2D eigenvalue weighted by Crippen LogP contribution is 2.19. The minimum absolute atomic E-state index is 0.133. The van der Waals surface area contributed by atoms with Crippen molar-refractivity contribution in [1.29, 1.82) is 0 Å². The third-order valence-electron chi connectivity index (χ3n) is 3.59. The van der Waals surface area contributed by atoms with Gasteiger partial charge in [0, 0.05) is 19.4 Å². The second-order valence-corrected chi connectivity index (χ2v) is 7.50. The molecule has 7 nitrogen and oxygen atoms in total. The molecule has 0 spiro atoms. The third-order valence-corrected chi connectivity index (χ3v) is 4.45. The minimum Gasteiger partial charge on any atom is -0.493 e. The number of rotatable bonds is 10. The van der Waals surface area contributed by atoms with E-state index >= 15 is 0 Å². The highest BCUT2D eigenvalue weighted by atomic mass is 32.1. The summed E-state index contributed by atoms with van der Waals surface area (Å²) in [7, 11) is 0. The van der Waals surface area contributed by atoms with Gasteiger partial charge in [0.25, 0.3) is 5.91 Å². The molecule has 0 aliphatic heterocycles. The summed E-state index contributed by atoms with van der Waals surface area (Å²) >= 11 is 1.40. The van der Waals surface area contributed by atoms with Crippen LogP contribution < -0.4 is 15.4 Å². The van der Waals surface area contributed by atoms with Crippen molar-refractivity contribution in [3.63, 3.8) is 0 Å². The zero-order valence-electron chi connectivity index (χ0n) is 15.9. The summed E-state index contributed by atoms with van der Waals surface area (Å²) in [6, 6.07) is 7.10. The molecule has 0 fully saturated rings. The molecule has 0 saturated carbocycles. The zero-order valence-corrected chi connectivity index (χ0v) is 16.8. The lowest BCUT2D eigenvalue weighted by atomic mass is 10.1. The summed E-state index contributed by atoms with van der Waals surface area (Å²) < 4.78 is 5.46. The summed E-state index contributed by atoms with van der Waals surface area (Å²) in [4.78, 5) is 24.3. The number of amides is 2. The van der Waals surface area contributed by atoms with Crippen LogP contribution in [0.25, 0.3) is 0 Å². The molecule has 0 aliphatic rings. The van der Waals surface area contributed by atoms with Gasteiger partial charge >= 0.3 is 0 Å². The number of aromatic nitrogens is 2. The first kappa shape index (κ1) is 20.8. The van der Waals surface area contributed by atoms with E-state index in [1.54, 1.807) is 18.2 Å². The van der Waals surface area contributed by atoms with Crippen LogP contribution in [0.15, 0.2) is 24.3 Å². The number of carbonyl (C=O) groups excluding carboxylic acids is 2. The van der Waals surface area contributed by atoms with E-state index in [1.807, 2.05) is 13.0 Å². The molecule has 0 radical (unpaired) electrons. The van der Waals surface area contributed by atoms with Crippen LogP contribution in [0.5, 0.6) is 5.75 Å². The van der Waals surface area contributed by atoms with Gasteiger partial charge in [-0.1, -0.05) is 37.3 Å². The van der Waals surface area contributed by atoms with Crippen LogP contribution in [0.3, 0.4) is 0 Å². The largest absolute Gasteiger partial charge is 0.493 e. The van der Waals surface area contributed by atoms with Gasteiger partial charge in [0.05, 0.1) is 12.2 Å². The molecule has 2 amide bonds. The van der Waals surface area contributed by atoms with Crippen LogP contribution in [0.1, 0.15) is 49.0 Å². The van der Waals surface area contributed by atoms with Crippen LogP contribution in [0.4, 0.5) is 5.13 Å². The Labute approximate surface area is 163 Å². The van der Waals surface area contributed by atoms with E-state index in [0.717, 1.165) is 11.4 Å². The van der Waals surface area contributed by atoms with E-state index in [0.29, 0.717) is 48.4 Å². The number of nitrogens with zero attached hydrogens (tertiary/aromatic N) is 2. The maximum atomic E-state index is 12.3. The smallest absolute Gasteiger partial charge is 0.255 e. The van der Waals surface area contributed by atoms with Gasteiger partial charge in [-0.15, -0.1) is 10.2 Å². The number of carbonyl (C=O) groups is 2. The molecule has 0 bridgehead atoms. The lowest BCUT2D eigenvalue weighted by Gasteiger charge is -2.10. The molecule has 27 heavy (non-hydrogen) atoms. The molecule has 0 aliphatic carbocycles. The molecule has 1 aromatic carbocycles. The summed E-state index contributed by atoms with van der Waals surface area (Å²) in [5.41, 5.74) is 0.496. The molecule has 1 aromatic heterocycles. The number of nitrogens with one attached hydrogen (secondary N) is 2. The Balaban J connectivity index is 1.72. The minimum atomic E-state index is -0.207. The van der Waals surface area contributed by atoms with Crippen LogP contribution in [-0.4, -0.2) is 35.2 Å². The Hall–Kier alpha value is -2.48. The zero-order chi connectivity index (χ0) is 19.6. The Morgan fingerprint density at radius 2 is 2.00 bits per heavy atom. The van der Waals surface area contributed by atoms with Gasteiger partial charge in [-0.2, -0.15) is 0 Å². The van der Waals surface area contributed by atoms with E-state index in [1.165, 1.54) is 11.3 Å². The van der Waals surface area contributed by atoms with E-state index in [2.05, 4.69) is 34.7 Å². The molecule has 1 heterocycles. The van der Waals surface area contributed by atoms with Gasteiger partial charge in [-0.3, -0.25) is 9.59 Å². The SMILES string of the molecule is CCOc1ccccc1C(=O)NCCCC(=O)Nc1nnc(CC(C)C)s1. The number of para-hydroxylation sites is 1. The average Bonchev–Trinajstić information content (AvgIpc) is 3.05. The fourth-order valence-electron chi connectivity index (χ4n) is 2.40. The first-order valence-corrected chi connectivity index (χ1v) is 9.93. The number of ether oxygens (including phenoxy) is 1. The van der Waals surface area contributed by atoms with Gasteiger partial charge in [-0.05, 0) is 31.4 Å². The second-order valence-electron chi connectivity index (χ2n) is 6.44. The monoisotopic (exact) mass is 390 g/mol. The normalized spacial score (nSPS) is 10.7. The van der Waals surface area contributed by atoms with Crippen LogP contribution in [0.2, 0.25) is 0 Å². The fourth-order valence-corrected chi connectivity index (χ4v) is 3.37. The Morgan fingerprint density at radius 3 is 2.74 bits per heavy atom. The van der Waals surface area contributed by atoms with Crippen molar-refractivity contribution in [1.82, 2.24) is 15.5 Å². The van der Waals surface area contributed by atoms with E-state index in [4.69, 9.17) is 4.74 Å². The molecule has 146 valence electrons. The predicted molar refractivity (Wildman–Crippen MR) is 106 cm³/mol. The van der Waals surface area contributed by atoms with Gasteiger partial charge < -0.3 is 15.4 Å². The number of benzene rings is 1. The van der Waals surface area contributed by atoms with Crippen LogP contribution in [-0.2, 0) is 11.2 Å². The Bertz CT molecular complexity index is 761. The molecule has 0 saturated heterocycles. The van der Waals surface area contributed by atoms with Gasteiger partial charge in [0.15, 0.2) is 0 Å². The molecule has 8 heteroatoms. The molecular weight excluding hydrogens is 364 g/mol. The number of anilines is 1. The van der Waals surface area contributed by atoms with Gasteiger partial charge in [0.2, 0.25) is 11.0 Å². The van der Waals surface area contributed by atoms with Crippen molar-refractivity contribution in [2.24, 2.45) is 5.92 Å². The van der Waals surface area contributed by atoms with Crippen molar-refractivity contribution in [3.05, 3.63) is 34.8 Å². The number of hydrogen-bond acceptors (Lipinski definition) is 6. The molecular formula is C19H26N4O3S. The average molecular weight is 391 g/mol. The molecule has 0 atom stereocenters. The van der Waals surface area contributed by atoms with E-state index in [9.17, 15) is 9.59 Å². The summed E-state index contributed by atoms with van der Waals surface area (Å²) in [5, 5.41) is 15.1. The lowest BCUT2D eigenvalue weighted by Crippen LogP contribution is -2.26. The summed E-state index contributed by atoms with van der Waals surface area (Å²) in [6.07, 6.45) is 1.68. The molecule has 2 rings (SSSR count). The highest BCUT2D eigenvalue weighted by Gasteiger charge is 2.12. The maximum Gasteiger partial charge on any atom is 0.255 e. The fraction of sp³-hybridized carbons (Fsp3) is 0.474. The third kappa shape index (κ3) is 6.97. The van der Waals surface area contributed by atoms with E-state index in [-0.39, 0.29) is 11.8 Å². The first-order valence-electron chi connectivity index (χ1n) is 9.11. The topological polar surface area (TPSA) is 93.2 Å². The molecule has 2 N–H and O–H groups in total. The van der Waals surface area contributed by atoms with Crippen LogP contribution in [0, 0.1) is 5.92 Å². The molecule has 2 aromatic rings. The Morgan fingerprint density at radius 1 is 1.22 bits per heavy atom. The lowest BCUT2D eigenvalue weighted by molar-refractivity contribution is -0.116. The van der Waals surface area contributed by atoms with Crippen LogP contribution >= 0.6 is 11.3 Å². The van der Waals surface area contributed by atoms with Crippen molar-refractivity contribution in [3.8, 4) is 5.75 Å². The Kier molecular flexibility index (Phi) is 8.19. The van der Waals surface area contributed by atoms with Gasteiger partial charge in [0.1, 0.15) is 10.8 Å². The quantitative estimate of drug-likeness (QED) is 0.607. The maximum absolute atomic E-state index is 12.3. The number of hydrogen-bond donors (Lipinski definition) is 2. The standard InChI is InChI=1S/C19H26N4O3S/c1-4-26-15-9-6-5-8-14(15)18(25)20-11-7-10-16(24)21-19-23-22-17(27-19)12-13(2)3/h5-6,8-9,13H,4,7,10-12H2,1-3H3,(H,20,25)(H,21,23,24). The summed E-state index contributed by atoms with van der Waals surface area (Å²) in [5.74, 6) is 0.717. The second kappa shape index (κ2) is 10.6. The predicted octanol–water partition coefficient (Wildman–Crippen LogP) is 3.28. The first-order chi connectivity index (χ1) is 13.0. The van der Waals surface area contributed by atoms with Gasteiger partial charge in [-0.25, -0.2) is 0 Å². The molecule has 0 unspecified atom stereocenters. The van der Waals surface area contributed by atoms with Crippen molar-refractivity contribution >= 4 is 28.3 Å². The van der Waals surface area contributed by atoms with E-state index < -0.39 is 0 Å². The summed E-state index contributed by atoms with van der Waals surface area (Å²) in [6.45, 7) is 6.99. The van der Waals surface area contributed by atoms with Crippen molar-refractivity contribution in [2.45, 2.75) is 40.0 Å². The van der Waals surface area contributed by atoms with Crippen molar-refractivity contribution in [2.75, 3.05) is 18.5 Å².